The maximum Gasteiger partial charge on any atom is 0.303 e. The van der Waals surface area contributed by atoms with Crippen LogP contribution in [0.25, 0.3) is 0 Å². The lowest BCUT2D eigenvalue weighted by Crippen LogP contribution is -2.37. The minimum Gasteiger partial charge on any atom is -0.456 e. The summed E-state index contributed by atoms with van der Waals surface area (Å²) in [7, 11) is 0. The number of ether oxygens (including phenoxy) is 1. The summed E-state index contributed by atoms with van der Waals surface area (Å²) in [6, 6.07) is 0. The minimum absolute atomic E-state index is 0.0568. The van der Waals surface area contributed by atoms with Gasteiger partial charge in [0.15, 0.2) is 6.61 Å². The van der Waals surface area contributed by atoms with E-state index in [4.69, 9.17) is 10.2 Å². The number of aliphatic hydroxyl groups excluding tert-OH is 4. The lowest BCUT2D eigenvalue weighted by Gasteiger charge is -2.22. The van der Waals surface area contributed by atoms with Gasteiger partial charge in [-0.3, -0.25) is 19.2 Å². The molecule has 226 valence electrons. The number of rotatable bonds is 11. The Hall–Kier alpha value is -3.06. The number of esters is 1. The summed E-state index contributed by atoms with van der Waals surface area (Å²) in [6.07, 6.45) is -2.38. The maximum atomic E-state index is 12.9. The van der Waals surface area contributed by atoms with Gasteiger partial charge < -0.3 is 41.1 Å². The topological polar surface area (TPSA) is 195 Å². The highest BCUT2D eigenvalue weighted by Gasteiger charge is 2.26. The van der Waals surface area contributed by atoms with Gasteiger partial charge in [0.05, 0.1) is 25.4 Å². The summed E-state index contributed by atoms with van der Waals surface area (Å²) in [6.45, 7) is 15.6. The van der Waals surface area contributed by atoms with E-state index in [1.165, 1.54) is 6.92 Å². The molecular weight excluding hydrogens is 510 g/mol. The number of benzene rings is 1. The third kappa shape index (κ3) is 14.1. The zero-order chi connectivity index (χ0) is 31.3. The van der Waals surface area contributed by atoms with Crippen LogP contribution in [0, 0.1) is 20.8 Å². The van der Waals surface area contributed by atoms with E-state index >= 15 is 0 Å². The monoisotopic (exact) mass is 559 g/mol. The van der Waals surface area contributed by atoms with Crippen LogP contribution in [0.3, 0.4) is 0 Å². The second kappa shape index (κ2) is 22.9. The van der Waals surface area contributed by atoms with E-state index in [2.05, 4.69) is 20.7 Å². The highest BCUT2D eigenvalue weighted by molar-refractivity contribution is 6.08. The molecule has 2 unspecified atom stereocenters. The summed E-state index contributed by atoms with van der Waals surface area (Å²) in [4.78, 5) is 49.0. The summed E-state index contributed by atoms with van der Waals surface area (Å²) in [5, 5.41) is 44.5. The lowest BCUT2D eigenvalue weighted by atomic mass is 9.90. The van der Waals surface area contributed by atoms with Crippen LogP contribution in [-0.2, 0) is 14.3 Å². The van der Waals surface area contributed by atoms with Crippen molar-refractivity contribution in [1.29, 1.82) is 0 Å². The molecule has 1 aromatic rings. The normalized spacial score (nSPS) is 11.0. The van der Waals surface area contributed by atoms with Crippen LogP contribution in [0.2, 0.25) is 0 Å². The molecule has 12 heteroatoms. The fraction of sp³-hybridized carbons (Fsp3) is 0.630. The Morgan fingerprint density at radius 3 is 1.38 bits per heavy atom. The number of hydrogen-bond donors (Lipinski definition) is 7. The average Bonchev–Trinajstić information content (AvgIpc) is 2.94. The Balaban J connectivity index is -0.00000201. The van der Waals surface area contributed by atoms with Crippen LogP contribution >= 0.6 is 0 Å². The molecule has 1 rings (SSSR count). The van der Waals surface area contributed by atoms with Crippen LogP contribution in [0.4, 0.5) is 5.69 Å². The second-order valence-corrected chi connectivity index (χ2v) is 7.42. The Kier molecular flexibility index (Phi) is 23.7. The summed E-state index contributed by atoms with van der Waals surface area (Å²) in [5.41, 5.74) is 1.18. The lowest BCUT2D eigenvalue weighted by molar-refractivity contribution is -0.144. The van der Waals surface area contributed by atoms with Crippen LogP contribution in [0.15, 0.2) is 0 Å². The van der Waals surface area contributed by atoms with E-state index in [1.807, 2.05) is 41.5 Å². The Morgan fingerprint density at radius 1 is 0.718 bits per heavy atom. The molecule has 0 aromatic heterocycles. The first-order chi connectivity index (χ1) is 18.4. The molecule has 0 saturated carbocycles. The number of amides is 3. The van der Waals surface area contributed by atoms with Crippen molar-refractivity contribution in [2.75, 3.05) is 38.2 Å². The van der Waals surface area contributed by atoms with E-state index in [9.17, 15) is 29.4 Å². The zero-order valence-electron chi connectivity index (χ0n) is 25.0. The highest BCUT2D eigenvalue weighted by atomic mass is 16.5. The van der Waals surface area contributed by atoms with Gasteiger partial charge in [0, 0.05) is 36.8 Å². The van der Waals surface area contributed by atoms with Crippen molar-refractivity contribution in [2.45, 2.75) is 81.4 Å². The zero-order valence-corrected chi connectivity index (χ0v) is 25.0. The second-order valence-electron chi connectivity index (χ2n) is 7.42. The first-order valence-electron chi connectivity index (χ1n) is 13.2. The van der Waals surface area contributed by atoms with Gasteiger partial charge in [-0.15, -0.1) is 0 Å². The number of hydrogen-bond acceptors (Lipinski definition) is 9. The Labute approximate surface area is 232 Å². The van der Waals surface area contributed by atoms with E-state index in [-0.39, 0.29) is 35.5 Å². The molecular formula is C27H49N3O9. The SMILES string of the molecule is CC.CC.CC.CC(=O)OCC(=O)Nc1c(C)c(C(=O)NCC(O)CO)c(C)c(C(=O)NCC(O)CO)c1C. The van der Waals surface area contributed by atoms with E-state index in [0.29, 0.717) is 11.1 Å². The molecule has 12 nitrogen and oxygen atoms in total. The van der Waals surface area contributed by atoms with Crippen molar-refractivity contribution < 1.29 is 44.3 Å². The number of carbonyl (C=O) groups excluding carboxylic acids is 4. The molecule has 0 aliphatic rings. The van der Waals surface area contributed by atoms with Crippen LogP contribution < -0.4 is 16.0 Å². The van der Waals surface area contributed by atoms with Crippen LogP contribution in [-0.4, -0.2) is 89.2 Å². The summed E-state index contributed by atoms with van der Waals surface area (Å²) >= 11 is 0. The maximum absolute atomic E-state index is 12.9. The van der Waals surface area contributed by atoms with Crippen molar-refractivity contribution in [1.82, 2.24) is 10.6 Å². The van der Waals surface area contributed by atoms with Gasteiger partial charge in [0.25, 0.3) is 17.7 Å². The van der Waals surface area contributed by atoms with Gasteiger partial charge in [0.1, 0.15) is 0 Å². The molecule has 0 fully saturated rings. The average molecular weight is 560 g/mol. The van der Waals surface area contributed by atoms with Gasteiger partial charge in [0.2, 0.25) is 0 Å². The van der Waals surface area contributed by atoms with Gasteiger partial charge in [-0.05, 0) is 37.5 Å². The number of aliphatic hydroxyl groups is 4. The van der Waals surface area contributed by atoms with Crippen LogP contribution in [0.5, 0.6) is 0 Å². The van der Waals surface area contributed by atoms with Crippen molar-refractivity contribution >= 4 is 29.4 Å². The molecule has 0 saturated heterocycles. The largest absolute Gasteiger partial charge is 0.456 e. The smallest absolute Gasteiger partial charge is 0.303 e. The Bertz CT molecular complexity index is 852. The molecule has 3 amide bonds. The molecule has 0 spiro atoms. The fourth-order valence-electron chi connectivity index (χ4n) is 3.16. The Morgan fingerprint density at radius 2 is 1.08 bits per heavy atom. The first-order valence-corrected chi connectivity index (χ1v) is 13.2. The minimum atomic E-state index is -1.19. The predicted molar refractivity (Wildman–Crippen MR) is 151 cm³/mol. The third-order valence-corrected chi connectivity index (χ3v) is 4.79. The molecule has 2 atom stereocenters. The summed E-state index contributed by atoms with van der Waals surface area (Å²) < 4.78 is 4.68. The first kappa shape index (κ1) is 40.4. The number of nitrogens with one attached hydrogen (secondary N) is 3. The molecule has 39 heavy (non-hydrogen) atoms. The van der Waals surface area contributed by atoms with E-state index in [0.717, 1.165) is 6.92 Å². The van der Waals surface area contributed by atoms with Crippen molar-refractivity contribution in [2.24, 2.45) is 0 Å². The molecule has 7 N–H and O–H groups in total. The molecule has 0 bridgehead atoms. The van der Waals surface area contributed by atoms with Gasteiger partial charge in [-0.25, -0.2) is 0 Å². The van der Waals surface area contributed by atoms with Crippen molar-refractivity contribution in [3.63, 3.8) is 0 Å². The van der Waals surface area contributed by atoms with Crippen LogP contribution in [0.1, 0.15) is 85.9 Å². The number of carbonyl (C=O) groups is 4. The number of anilines is 1. The van der Waals surface area contributed by atoms with E-state index < -0.39 is 55.7 Å². The quantitative estimate of drug-likeness (QED) is 0.196. The third-order valence-electron chi connectivity index (χ3n) is 4.79. The fourth-order valence-corrected chi connectivity index (χ4v) is 3.16. The van der Waals surface area contributed by atoms with Crippen molar-refractivity contribution in [3.8, 4) is 0 Å². The highest BCUT2D eigenvalue weighted by Crippen LogP contribution is 2.31. The summed E-state index contributed by atoms with van der Waals surface area (Å²) in [5.74, 6) is -2.66. The molecule has 0 aliphatic carbocycles. The van der Waals surface area contributed by atoms with Crippen molar-refractivity contribution in [3.05, 3.63) is 27.8 Å². The van der Waals surface area contributed by atoms with Gasteiger partial charge in [-0.2, -0.15) is 0 Å². The molecule has 1 aromatic carbocycles. The molecule has 0 heterocycles. The van der Waals surface area contributed by atoms with Gasteiger partial charge >= 0.3 is 5.97 Å². The predicted octanol–water partition coefficient (Wildman–Crippen LogP) is 1.36. The van der Waals surface area contributed by atoms with E-state index in [1.54, 1.807) is 13.8 Å². The molecule has 0 radical (unpaired) electrons. The standard InChI is InChI=1S/C21H31N3O9.3C2H6/c1-10-17(20(31)22-5-14(28)7-25)11(2)19(24-16(30)9-33-13(4)27)12(3)18(10)21(32)23-6-15(29)8-26;3*1-2/h14-15,25-26,28-29H,5-9H2,1-4H3,(H,22,31)(H,23,32)(H,24,30);3*1-2H3. The van der Waals surface area contributed by atoms with Gasteiger partial charge in [-0.1, -0.05) is 41.5 Å². The molecule has 0 aliphatic heterocycles.